The van der Waals surface area contributed by atoms with Gasteiger partial charge in [-0.15, -0.1) is 0 Å². The van der Waals surface area contributed by atoms with E-state index in [2.05, 4.69) is 48.0 Å². The molecule has 0 aliphatic carbocycles. The van der Waals surface area contributed by atoms with Gasteiger partial charge in [0.05, 0.1) is 6.07 Å². The third kappa shape index (κ3) is 2.57. The van der Waals surface area contributed by atoms with Gasteiger partial charge in [-0.25, -0.2) is 0 Å². The van der Waals surface area contributed by atoms with E-state index >= 15 is 0 Å². The molecule has 0 N–H and O–H groups in total. The number of benzene rings is 1. The zero-order valence-electron chi connectivity index (χ0n) is 7.89. The number of aryl methyl sites for hydroxylation is 3. The van der Waals surface area contributed by atoms with E-state index in [-0.39, 0.29) is 0 Å². The molecule has 0 saturated heterocycles. The van der Waals surface area contributed by atoms with E-state index < -0.39 is 0 Å². The molecule has 1 aromatic rings. The summed E-state index contributed by atoms with van der Waals surface area (Å²) in [5.41, 5.74) is 3.77. The Morgan fingerprint density at radius 2 is 2.00 bits per heavy atom. The van der Waals surface area contributed by atoms with E-state index in [1.807, 2.05) is 0 Å². The fraction of sp³-hybridized carbons (Fsp3) is 0.364. The van der Waals surface area contributed by atoms with E-state index in [9.17, 15) is 0 Å². The van der Waals surface area contributed by atoms with E-state index in [0.717, 1.165) is 10.9 Å². The highest BCUT2D eigenvalue weighted by Gasteiger charge is 2.01. The van der Waals surface area contributed by atoms with Crippen molar-refractivity contribution in [3.05, 3.63) is 33.3 Å². The molecule has 0 unspecified atom stereocenters. The number of rotatable bonds is 2. The van der Waals surface area contributed by atoms with E-state index in [4.69, 9.17) is 5.26 Å². The first-order chi connectivity index (χ1) is 6.15. The summed E-state index contributed by atoms with van der Waals surface area (Å²) >= 11 is 3.48. The van der Waals surface area contributed by atoms with Crippen LogP contribution in [-0.4, -0.2) is 0 Å². The van der Waals surface area contributed by atoms with Crippen molar-refractivity contribution in [2.45, 2.75) is 26.7 Å². The molecule has 0 aromatic heterocycles. The number of hydrogen-bond acceptors (Lipinski definition) is 1. The average Bonchev–Trinajstić information content (AvgIpc) is 2.09. The second-order valence-electron chi connectivity index (χ2n) is 3.19. The van der Waals surface area contributed by atoms with Gasteiger partial charge in [0, 0.05) is 10.9 Å². The fourth-order valence-corrected chi connectivity index (χ4v) is 1.76. The topological polar surface area (TPSA) is 23.8 Å². The zero-order valence-corrected chi connectivity index (χ0v) is 9.48. The lowest BCUT2D eigenvalue weighted by molar-refractivity contribution is 0.991. The summed E-state index contributed by atoms with van der Waals surface area (Å²) in [6.45, 7) is 4.15. The Bertz CT molecular complexity index is 350. The highest BCUT2D eigenvalue weighted by Crippen LogP contribution is 2.21. The van der Waals surface area contributed by atoms with Crippen LogP contribution in [0.5, 0.6) is 0 Å². The second-order valence-corrected chi connectivity index (χ2v) is 4.04. The normalized spacial score (nSPS) is 9.69. The minimum absolute atomic E-state index is 0.599. The molecule has 1 nitrogen and oxygen atoms in total. The molecule has 0 heterocycles. The smallest absolute Gasteiger partial charge is 0.0625 e. The minimum atomic E-state index is 0.599. The highest BCUT2D eigenvalue weighted by atomic mass is 79.9. The quantitative estimate of drug-likeness (QED) is 0.773. The molecule has 0 atom stereocenters. The first-order valence-corrected chi connectivity index (χ1v) is 5.07. The number of nitrogens with zero attached hydrogens (tertiary/aromatic N) is 1. The zero-order chi connectivity index (χ0) is 9.84. The second kappa shape index (κ2) is 4.43. The van der Waals surface area contributed by atoms with Crippen LogP contribution in [0.3, 0.4) is 0 Å². The molecule has 2 heteroatoms. The van der Waals surface area contributed by atoms with Crippen molar-refractivity contribution in [1.82, 2.24) is 0 Å². The van der Waals surface area contributed by atoms with Crippen LogP contribution < -0.4 is 0 Å². The van der Waals surface area contributed by atoms with E-state index in [0.29, 0.717) is 6.42 Å². The molecule has 0 aliphatic rings. The summed E-state index contributed by atoms with van der Waals surface area (Å²) in [6.07, 6.45) is 1.46. The van der Waals surface area contributed by atoms with E-state index in [1.54, 1.807) is 0 Å². The monoisotopic (exact) mass is 237 g/mol. The molecule has 13 heavy (non-hydrogen) atoms. The van der Waals surface area contributed by atoms with Crippen LogP contribution in [0.4, 0.5) is 0 Å². The van der Waals surface area contributed by atoms with Crippen LogP contribution in [0, 0.1) is 25.2 Å². The Kier molecular flexibility index (Phi) is 3.50. The van der Waals surface area contributed by atoms with Gasteiger partial charge in [-0.2, -0.15) is 5.26 Å². The van der Waals surface area contributed by atoms with Crippen molar-refractivity contribution < 1.29 is 0 Å². The molecule has 0 aliphatic heterocycles. The molecule has 0 amide bonds. The maximum Gasteiger partial charge on any atom is 0.0625 e. The predicted molar refractivity (Wildman–Crippen MR) is 57.6 cm³/mol. The predicted octanol–water partition coefficient (Wildman–Crippen LogP) is 3.52. The van der Waals surface area contributed by atoms with Gasteiger partial charge in [0.25, 0.3) is 0 Å². The molecule has 0 fully saturated rings. The van der Waals surface area contributed by atoms with Gasteiger partial charge in [0.1, 0.15) is 0 Å². The Morgan fingerprint density at radius 3 is 2.62 bits per heavy atom. The summed E-state index contributed by atoms with van der Waals surface area (Å²) in [5, 5.41) is 8.48. The molecule has 1 rings (SSSR count). The first-order valence-electron chi connectivity index (χ1n) is 4.27. The standard InChI is InChI=1S/C11H12BrN/c1-8-7-11(12)9(2)6-10(8)4-3-5-13/h6-7H,3-4H2,1-2H3. The van der Waals surface area contributed by atoms with Gasteiger partial charge in [-0.3, -0.25) is 0 Å². The maximum atomic E-state index is 8.48. The lowest BCUT2D eigenvalue weighted by Crippen LogP contribution is -1.91. The SMILES string of the molecule is Cc1cc(CCC#N)c(C)cc1Br. The van der Waals surface area contributed by atoms with Crippen LogP contribution in [0.2, 0.25) is 0 Å². The fourth-order valence-electron chi connectivity index (χ4n) is 1.30. The molecule has 0 radical (unpaired) electrons. The van der Waals surface area contributed by atoms with Crippen molar-refractivity contribution >= 4 is 15.9 Å². The third-order valence-corrected chi connectivity index (χ3v) is 2.98. The first kappa shape index (κ1) is 10.3. The van der Waals surface area contributed by atoms with Gasteiger partial charge in [0.2, 0.25) is 0 Å². The number of hydrogen-bond donors (Lipinski definition) is 0. The molecular weight excluding hydrogens is 226 g/mol. The van der Waals surface area contributed by atoms with Crippen LogP contribution in [0.25, 0.3) is 0 Å². The number of nitriles is 1. The largest absolute Gasteiger partial charge is 0.198 e. The lowest BCUT2D eigenvalue weighted by atomic mass is 10.0. The summed E-state index contributed by atoms with van der Waals surface area (Å²) in [4.78, 5) is 0. The Labute approximate surface area is 87.5 Å². The maximum absolute atomic E-state index is 8.48. The number of halogens is 1. The van der Waals surface area contributed by atoms with Gasteiger partial charge >= 0.3 is 0 Å². The van der Waals surface area contributed by atoms with E-state index in [1.165, 1.54) is 16.7 Å². The lowest BCUT2D eigenvalue weighted by Gasteiger charge is -2.06. The molecule has 1 aromatic carbocycles. The van der Waals surface area contributed by atoms with Gasteiger partial charge in [0.15, 0.2) is 0 Å². The molecule has 0 bridgehead atoms. The van der Waals surface area contributed by atoms with Crippen LogP contribution >= 0.6 is 15.9 Å². The minimum Gasteiger partial charge on any atom is -0.198 e. The van der Waals surface area contributed by atoms with Gasteiger partial charge in [-0.1, -0.05) is 22.0 Å². The Hall–Kier alpha value is -0.810. The molecule has 0 spiro atoms. The molecule has 0 saturated carbocycles. The Balaban J connectivity index is 2.96. The van der Waals surface area contributed by atoms with Crippen molar-refractivity contribution in [3.8, 4) is 6.07 Å². The van der Waals surface area contributed by atoms with Crippen molar-refractivity contribution in [2.24, 2.45) is 0 Å². The average molecular weight is 238 g/mol. The molecular formula is C11H12BrN. The van der Waals surface area contributed by atoms with Gasteiger partial charge < -0.3 is 0 Å². The van der Waals surface area contributed by atoms with Crippen LogP contribution in [0.1, 0.15) is 23.1 Å². The summed E-state index contributed by atoms with van der Waals surface area (Å²) in [7, 11) is 0. The van der Waals surface area contributed by atoms with Crippen LogP contribution in [-0.2, 0) is 6.42 Å². The van der Waals surface area contributed by atoms with Crippen LogP contribution in [0.15, 0.2) is 16.6 Å². The van der Waals surface area contributed by atoms with Crippen molar-refractivity contribution in [3.63, 3.8) is 0 Å². The Morgan fingerprint density at radius 1 is 1.31 bits per heavy atom. The highest BCUT2D eigenvalue weighted by molar-refractivity contribution is 9.10. The molecule has 68 valence electrons. The van der Waals surface area contributed by atoms with Gasteiger partial charge in [-0.05, 0) is 43.0 Å². The van der Waals surface area contributed by atoms with Crippen molar-refractivity contribution in [1.29, 1.82) is 5.26 Å². The summed E-state index contributed by atoms with van der Waals surface area (Å²) < 4.78 is 1.14. The van der Waals surface area contributed by atoms with Crippen molar-refractivity contribution in [2.75, 3.05) is 0 Å². The summed E-state index contributed by atoms with van der Waals surface area (Å²) in [6, 6.07) is 6.43. The summed E-state index contributed by atoms with van der Waals surface area (Å²) in [5.74, 6) is 0. The third-order valence-electron chi connectivity index (χ3n) is 2.12.